The van der Waals surface area contributed by atoms with E-state index in [0.29, 0.717) is 5.69 Å². The molecule has 0 radical (unpaired) electrons. The van der Waals surface area contributed by atoms with Crippen molar-refractivity contribution in [2.75, 3.05) is 17.7 Å². The van der Waals surface area contributed by atoms with Crippen molar-refractivity contribution in [1.29, 1.82) is 0 Å². The molecular weight excluding hydrogens is 325 g/mol. The van der Waals surface area contributed by atoms with Gasteiger partial charge in [0.05, 0.1) is 29.5 Å². The van der Waals surface area contributed by atoms with E-state index >= 15 is 0 Å². The zero-order chi connectivity index (χ0) is 17.0. The average Bonchev–Trinajstić information content (AvgIpc) is 2.50. The van der Waals surface area contributed by atoms with E-state index in [0.717, 1.165) is 12.1 Å². The predicted molar refractivity (Wildman–Crippen MR) is 87.6 cm³/mol. The van der Waals surface area contributed by atoms with Crippen molar-refractivity contribution in [2.24, 2.45) is 0 Å². The summed E-state index contributed by atoms with van der Waals surface area (Å²) >= 11 is 5.09. The molecule has 23 heavy (non-hydrogen) atoms. The van der Waals surface area contributed by atoms with Crippen LogP contribution in [-0.4, -0.2) is 22.3 Å². The molecule has 0 bridgehead atoms. The Morgan fingerprint density at radius 3 is 2.52 bits per heavy atom. The molecule has 3 N–H and O–H groups in total. The highest BCUT2D eigenvalue weighted by molar-refractivity contribution is 7.80. The molecule has 0 aliphatic heterocycles. The summed E-state index contributed by atoms with van der Waals surface area (Å²) in [6, 6.07) is 7.42. The first-order valence-corrected chi connectivity index (χ1v) is 6.70. The third kappa shape index (κ3) is 4.04. The van der Waals surface area contributed by atoms with Crippen LogP contribution in [0.3, 0.4) is 0 Å². The molecule has 2 aromatic carbocycles. The summed E-state index contributed by atoms with van der Waals surface area (Å²) in [6.45, 7) is 0. The smallest absolute Gasteiger partial charge is 0.273 e. The number of aromatic hydroxyl groups is 1. The molecule has 7 nitrogen and oxygen atoms in total. The minimum Gasteiger partial charge on any atom is -0.506 e. The molecule has 0 amide bonds. The zero-order valence-electron chi connectivity index (χ0n) is 11.9. The Kier molecular flexibility index (Phi) is 4.91. The van der Waals surface area contributed by atoms with E-state index in [1.807, 2.05) is 0 Å². The number of phenols is 1. The number of ether oxygens (including phenoxy) is 1. The summed E-state index contributed by atoms with van der Waals surface area (Å²) < 4.78 is 18.0. The molecule has 0 aliphatic rings. The van der Waals surface area contributed by atoms with Gasteiger partial charge in [-0.3, -0.25) is 10.1 Å². The number of nitrogens with zero attached hydrogens (tertiary/aromatic N) is 1. The number of hydrogen-bond donors (Lipinski definition) is 3. The number of rotatable bonds is 4. The van der Waals surface area contributed by atoms with Crippen molar-refractivity contribution in [3.8, 4) is 11.5 Å². The van der Waals surface area contributed by atoms with Gasteiger partial charge in [-0.25, -0.2) is 4.39 Å². The second-order valence-electron chi connectivity index (χ2n) is 4.38. The molecule has 0 saturated carbocycles. The number of thiocarbonyl (C=S) groups is 1. The Labute approximate surface area is 135 Å². The van der Waals surface area contributed by atoms with Gasteiger partial charge in [0.25, 0.3) is 5.69 Å². The van der Waals surface area contributed by atoms with E-state index in [2.05, 4.69) is 10.6 Å². The Balaban J connectivity index is 2.15. The maximum Gasteiger partial charge on any atom is 0.273 e. The minimum absolute atomic E-state index is 0.0964. The summed E-state index contributed by atoms with van der Waals surface area (Å²) in [5, 5.41) is 25.9. The maximum absolute atomic E-state index is 12.9. The van der Waals surface area contributed by atoms with Crippen molar-refractivity contribution in [3.05, 3.63) is 52.3 Å². The molecule has 0 spiro atoms. The van der Waals surface area contributed by atoms with Crippen LogP contribution in [0.5, 0.6) is 11.5 Å². The molecule has 120 valence electrons. The SMILES string of the molecule is COc1cc([N+](=O)[O-])ccc1NC(=S)Nc1ccc(F)cc1O. The summed E-state index contributed by atoms with van der Waals surface area (Å²) in [4.78, 5) is 10.2. The summed E-state index contributed by atoms with van der Waals surface area (Å²) in [5.74, 6) is -0.652. The van der Waals surface area contributed by atoms with Crippen LogP contribution in [0, 0.1) is 15.9 Å². The second kappa shape index (κ2) is 6.88. The number of non-ortho nitro benzene ring substituents is 1. The monoisotopic (exact) mass is 337 g/mol. The Morgan fingerprint density at radius 2 is 1.91 bits per heavy atom. The van der Waals surface area contributed by atoms with Gasteiger partial charge in [-0.05, 0) is 30.4 Å². The fourth-order valence-electron chi connectivity index (χ4n) is 1.78. The molecule has 0 aliphatic carbocycles. The standard InChI is InChI=1S/C14H12FN3O4S/c1-22-13-7-9(18(20)21)3-5-11(13)17-14(23)16-10-4-2-8(15)6-12(10)19/h2-7,19H,1H3,(H2,16,17,23). The fraction of sp³-hybridized carbons (Fsp3) is 0.0714. The Morgan fingerprint density at radius 1 is 1.26 bits per heavy atom. The molecule has 0 saturated heterocycles. The van der Waals surface area contributed by atoms with E-state index in [9.17, 15) is 19.6 Å². The number of phenolic OH excluding ortho intramolecular Hbond substituents is 1. The van der Waals surface area contributed by atoms with Crippen LogP contribution in [0.2, 0.25) is 0 Å². The van der Waals surface area contributed by atoms with Gasteiger partial charge in [0.2, 0.25) is 0 Å². The van der Waals surface area contributed by atoms with E-state index < -0.39 is 10.7 Å². The maximum atomic E-state index is 12.9. The highest BCUT2D eigenvalue weighted by Crippen LogP contribution is 2.29. The third-order valence-electron chi connectivity index (χ3n) is 2.85. The lowest BCUT2D eigenvalue weighted by molar-refractivity contribution is -0.384. The molecule has 0 fully saturated rings. The number of nitro groups is 1. The van der Waals surface area contributed by atoms with Crippen molar-refractivity contribution < 1.29 is 19.2 Å². The molecule has 0 unspecified atom stereocenters. The van der Waals surface area contributed by atoms with E-state index in [1.165, 1.54) is 31.4 Å². The van der Waals surface area contributed by atoms with E-state index in [1.54, 1.807) is 0 Å². The van der Waals surface area contributed by atoms with Crippen molar-refractivity contribution in [1.82, 2.24) is 0 Å². The topological polar surface area (TPSA) is 96.7 Å². The Hall–Kier alpha value is -2.94. The van der Waals surface area contributed by atoms with Crippen molar-refractivity contribution in [2.45, 2.75) is 0 Å². The normalized spacial score (nSPS) is 10.0. The molecular formula is C14H12FN3O4S. The van der Waals surface area contributed by atoms with Gasteiger partial charge in [-0.15, -0.1) is 0 Å². The van der Waals surface area contributed by atoms with Crippen molar-refractivity contribution >= 4 is 34.4 Å². The number of methoxy groups -OCH3 is 1. The lowest BCUT2D eigenvalue weighted by Gasteiger charge is -2.14. The number of nitrogens with one attached hydrogen (secondary N) is 2. The van der Waals surface area contributed by atoms with Crippen LogP contribution >= 0.6 is 12.2 Å². The zero-order valence-corrected chi connectivity index (χ0v) is 12.7. The fourth-order valence-corrected chi connectivity index (χ4v) is 2.00. The molecule has 0 aromatic heterocycles. The highest BCUT2D eigenvalue weighted by Gasteiger charge is 2.13. The number of nitro benzene ring substituents is 1. The molecule has 0 atom stereocenters. The number of benzene rings is 2. The second-order valence-corrected chi connectivity index (χ2v) is 4.79. The first-order chi connectivity index (χ1) is 10.9. The van der Waals surface area contributed by atoms with Crippen molar-refractivity contribution in [3.63, 3.8) is 0 Å². The van der Waals surface area contributed by atoms with Crippen LogP contribution in [0.1, 0.15) is 0 Å². The molecule has 2 aromatic rings. The van der Waals surface area contributed by atoms with Crippen LogP contribution in [0.15, 0.2) is 36.4 Å². The average molecular weight is 337 g/mol. The molecule has 2 rings (SSSR count). The van der Waals surface area contributed by atoms with Crippen LogP contribution in [0.4, 0.5) is 21.5 Å². The number of halogens is 1. The number of hydrogen-bond acceptors (Lipinski definition) is 5. The van der Waals surface area contributed by atoms with Gasteiger partial charge >= 0.3 is 0 Å². The quantitative estimate of drug-likeness (QED) is 0.341. The Bertz CT molecular complexity index is 770. The van der Waals surface area contributed by atoms with Gasteiger partial charge in [0.15, 0.2) is 5.11 Å². The largest absolute Gasteiger partial charge is 0.506 e. The van der Waals surface area contributed by atoms with E-state index in [-0.39, 0.29) is 28.0 Å². The lowest BCUT2D eigenvalue weighted by atomic mass is 10.2. The first kappa shape index (κ1) is 16.4. The highest BCUT2D eigenvalue weighted by atomic mass is 32.1. The van der Waals surface area contributed by atoms with Crippen LogP contribution in [0.25, 0.3) is 0 Å². The van der Waals surface area contributed by atoms with Gasteiger partial charge in [-0.2, -0.15) is 0 Å². The van der Waals surface area contributed by atoms with Gasteiger partial charge in [-0.1, -0.05) is 0 Å². The number of anilines is 2. The van der Waals surface area contributed by atoms with Crippen LogP contribution in [-0.2, 0) is 0 Å². The first-order valence-electron chi connectivity index (χ1n) is 6.29. The van der Waals surface area contributed by atoms with Gasteiger partial charge < -0.3 is 20.5 Å². The van der Waals surface area contributed by atoms with Crippen LogP contribution < -0.4 is 15.4 Å². The summed E-state index contributed by atoms with van der Waals surface area (Å²) in [6.07, 6.45) is 0. The third-order valence-corrected chi connectivity index (χ3v) is 3.06. The lowest BCUT2D eigenvalue weighted by Crippen LogP contribution is -2.19. The minimum atomic E-state index is -0.580. The predicted octanol–water partition coefficient (Wildman–Crippen LogP) is 3.26. The summed E-state index contributed by atoms with van der Waals surface area (Å²) in [7, 11) is 1.37. The molecule has 0 heterocycles. The molecule has 9 heteroatoms. The summed E-state index contributed by atoms with van der Waals surface area (Å²) in [5.41, 5.74) is 0.490. The van der Waals surface area contributed by atoms with Gasteiger partial charge in [0.1, 0.15) is 17.3 Å². The van der Waals surface area contributed by atoms with Gasteiger partial charge in [0, 0.05) is 12.1 Å². The van der Waals surface area contributed by atoms with E-state index in [4.69, 9.17) is 17.0 Å².